The molecule has 3 aromatic rings. The van der Waals surface area contributed by atoms with Gasteiger partial charge in [0.1, 0.15) is 18.0 Å². The van der Waals surface area contributed by atoms with E-state index in [-0.39, 0.29) is 16.3 Å². The second-order valence-corrected chi connectivity index (χ2v) is 8.01. The largest absolute Gasteiger partial charge is 0.497 e. The number of nitrogens with one attached hydrogen (secondary N) is 1. The van der Waals surface area contributed by atoms with Crippen LogP contribution in [0.3, 0.4) is 0 Å². The summed E-state index contributed by atoms with van der Waals surface area (Å²) in [5.41, 5.74) is 0.671. The minimum Gasteiger partial charge on any atom is -0.497 e. The van der Waals surface area contributed by atoms with Crippen LogP contribution in [0.25, 0.3) is 0 Å². The normalized spacial score (nSPS) is 10.9. The topological polar surface area (TPSA) is 97.8 Å². The van der Waals surface area contributed by atoms with Gasteiger partial charge < -0.3 is 14.8 Å². The molecule has 3 rings (SSSR count). The number of aromatic nitrogens is 1. The predicted octanol–water partition coefficient (Wildman–Crippen LogP) is 2.93. The van der Waals surface area contributed by atoms with Gasteiger partial charge in [0.25, 0.3) is 10.0 Å². The molecule has 1 aromatic heterocycles. The smallest absolute Gasteiger partial charge is 0.264 e. The Morgan fingerprint density at radius 1 is 1.03 bits per heavy atom. The van der Waals surface area contributed by atoms with Gasteiger partial charge in [-0.05, 0) is 36.4 Å². The van der Waals surface area contributed by atoms with Gasteiger partial charge >= 0.3 is 0 Å². The lowest BCUT2D eigenvalue weighted by molar-refractivity contribution is -0.114. The van der Waals surface area contributed by atoms with Crippen LogP contribution in [0.1, 0.15) is 0 Å². The zero-order chi connectivity index (χ0) is 21.6. The summed E-state index contributed by atoms with van der Waals surface area (Å²) in [6.45, 7) is -0.463. The Balaban J connectivity index is 2.02. The molecule has 0 aliphatic carbocycles. The fourth-order valence-electron chi connectivity index (χ4n) is 2.78. The van der Waals surface area contributed by atoms with Crippen molar-refractivity contribution in [3.8, 4) is 11.5 Å². The van der Waals surface area contributed by atoms with Crippen LogP contribution >= 0.6 is 0 Å². The Morgan fingerprint density at radius 2 is 1.80 bits per heavy atom. The molecule has 0 fully saturated rings. The van der Waals surface area contributed by atoms with Crippen LogP contribution in [0.4, 0.5) is 11.4 Å². The SMILES string of the molecule is COc1ccc(N(CC(=O)Nc2cccnc2)S(=O)(=O)c2ccccc2)c(OC)c1. The molecule has 0 unspecified atom stereocenters. The molecular formula is C21H21N3O5S. The molecular weight excluding hydrogens is 406 g/mol. The number of pyridine rings is 1. The number of hydrogen-bond donors (Lipinski definition) is 1. The van der Waals surface area contributed by atoms with Crippen LogP contribution in [0.15, 0.2) is 78.0 Å². The average Bonchev–Trinajstić information content (AvgIpc) is 2.78. The van der Waals surface area contributed by atoms with Gasteiger partial charge in [-0.3, -0.25) is 14.1 Å². The Morgan fingerprint density at radius 3 is 2.43 bits per heavy atom. The quantitative estimate of drug-likeness (QED) is 0.594. The molecule has 1 heterocycles. The fourth-order valence-corrected chi connectivity index (χ4v) is 4.23. The van der Waals surface area contributed by atoms with E-state index in [9.17, 15) is 13.2 Å². The molecule has 0 saturated carbocycles. The van der Waals surface area contributed by atoms with Gasteiger partial charge in [-0.2, -0.15) is 0 Å². The molecule has 156 valence electrons. The number of amides is 1. The number of methoxy groups -OCH3 is 2. The Hall–Kier alpha value is -3.59. The first-order valence-electron chi connectivity index (χ1n) is 8.95. The van der Waals surface area contributed by atoms with Crippen molar-refractivity contribution in [1.82, 2.24) is 4.98 Å². The summed E-state index contributed by atoms with van der Waals surface area (Å²) >= 11 is 0. The van der Waals surface area contributed by atoms with Crippen LogP contribution in [0.5, 0.6) is 11.5 Å². The van der Waals surface area contributed by atoms with Gasteiger partial charge in [0.05, 0.1) is 36.7 Å². The number of hydrogen-bond acceptors (Lipinski definition) is 6. The third-order valence-corrected chi connectivity index (χ3v) is 5.99. The highest BCUT2D eigenvalue weighted by Gasteiger charge is 2.29. The highest BCUT2D eigenvalue weighted by molar-refractivity contribution is 7.92. The molecule has 0 spiro atoms. The lowest BCUT2D eigenvalue weighted by atomic mass is 10.2. The van der Waals surface area contributed by atoms with Crippen LogP contribution in [0, 0.1) is 0 Å². The van der Waals surface area contributed by atoms with Crippen molar-refractivity contribution in [2.45, 2.75) is 4.90 Å². The van der Waals surface area contributed by atoms with Crippen molar-refractivity contribution in [2.75, 3.05) is 30.4 Å². The van der Waals surface area contributed by atoms with E-state index in [4.69, 9.17) is 9.47 Å². The summed E-state index contributed by atoms with van der Waals surface area (Å²) in [6.07, 6.45) is 3.05. The van der Waals surface area contributed by atoms with Crippen LogP contribution in [0.2, 0.25) is 0 Å². The molecule has 1 N–H and O–H groups in total. The third kappa shape index (κ3) is 4.69. The van der Waals surface area contributed by atoms with Crippen molar-refractivity contribution < 1.29 is 22.7 Å². The van der Waals surface area contributed by atoms with Gasteiger partial charge in [0, 0.05) is 12.3 Å². The summed E-state index contributed by atoms with van der Waals surface area (Å²) in [5.74, 6) is 0.218. The second-order valence-electron chi connectivity index (χ2n) is 6.15. The zero-order valence-electron chi connectivity index (χ0n) is 16.5. The maximum atomic E-state index is 13.4. The van der Waals surface area contributed by atoms with E-state index in [1.807, 2.05) is 0 Å². The van der Waals surface area contributed by atoms with E-state index in [2.05, 4.69) is 10.3 Å². The van der Waals surface area contributed by atoms with Crippen LogP contribution in [-0.4, -0.2) is 40.1 Å². The molecule has 8 nitrogen and oxygen atoms in total. The van der Waals surface area contributed by atoms with E-state index in [1.165, 1.54) is 38.6 Å². The minimum absolute atomic E-state index is 0.0528. The fraction of sp³-hybridized carbons (Fsp3) is 0.143. The van der Waals surface area contributed by atoms with Crippen molar-refractivity contribution >= 4 is 27.3 Å². The number of benzene rings is 2. The number of carbonyl (C=O) groups is 1. The van der Waals surface area contributed by atoms with Gasteiger partial charge in [0.2, 0.25) is 5.91 Å². The number of rotatable bonds is 8. The van der Waals surface area contributed by atoms with E-state index >= 15 is 0 Å². The predicted molar refractivity (Wildman–Crippen MR) is 113 cm³/mol. The van der Waals surface area contributed by atoms with Gasteiger partial charge in [-0.1, -0.05) is 18.2 Å². The highest BCUT2D eigenvalue weighted by atomic mass is 32.2. The number of nitrogens with zero attached hydrogens (tertiary/aromatic N) is 2. The second kappa shape index (κ2) is 9.27. The molecule has 0 atom stereocenters. The Kier molecular flexibility index (Phi) is 6.53. The van der Waals surface area contributed by atoms with Gasteiger partial charge in [0.15, 0.2) is 0 Å². The molecule has 0 aliphatic heterocycles. The van der Waals surface area contributed by atoms with Crippen molar-refractivity contribution in [3.05, 3.63) is 73.1 Å². The van der Waals surface area contributed by atoms with E-state index < -0.39 is 22.5 Å². The number of sulfonamides is 1. The van der Waals surface area contributed by atoms with E-state index in [0.29, 0.717) is 11.4 Å². The first-order valence-corrected chi connectivity index (χ1v) is 10.4. The molecule has 0 bridgehead atoms. The van der Waals surface area contributed by atoms with Crippen LogP contribution < -0.4 is 19.1 Å². The van der Waals surface area contributed by atoms with E-state index in [0.717, 1.165) is 4.31 Å². The van der Waals surface area contributed by atoms with Crippen molar-refractivity contribution in [1.29, 1.82) is 0 Å². The molecule has 9 heteroatoms. The van der Waals surface area contributed by atoms with Crippen LogP contribution in [-0.2, 0) is 14.8 Å². The summed E-state index contributed by atoms with van der Waals surface area (Å²) < 4.78 is 38.3. The lowest BCUT2D eigenvalue weighted by Gasteiger charge is -2.26. The Bertz CT molecular complexity index is 1110. The first-order chi connectivity index (χ1) is 14.5. The molecule has 2 aromatic carbocycles. The molecule has 0 aliphatic rings. The summed E-state index contributed by atoms with van der Waals surface area (Å²) in [7, 11) is -1.15. The lowest BCUT2D eigenvalue weighted by Crippen LogP contribution is -2.38. The summed E-state index contributed by atoms with van der Waals surface area (Å²) in [5, 5.41) is 2.65. The van der Waals surface area contributed by atoms with Crippen molar-refractivity contribution in [3.63, 3.8) is 0 Å². The Labute approximate surface area is 175 Å². The van der Waals surface area contributed by atoms with Crippen molar-refractivity contribution in [2.24, 2.45) is 0 Å². The maximum absolute atomic E-state index is 13.4. The summed E-state index contributed by atoms with van der Waals surface area (Å²) in [4.78, 5) is 16.7. The standard InChI is InChI=1S/C21H21N3O5S/c1-28-17-10-11-19(20(13-17)29-2)24(30(26,27)18-8-4-3-5-9-18)15-21(25)23-16-7-6-12-22-14-16/h3-14H,15H2,1-2H3,(H,23,25). The van der Waals surface area contributed by atoms with Gasteiger partial charge in [-0.25, -0.2) is 8.42 Å². The zero-order valence-corrected chi connectivity index (χ0v) is 17.3. The minimum atomic E-state index is -4.06. The number of carbonyl (C=O) groups excluding carboxylic acids is 1. The number of anilines is 2. The first kappa shape index (κ1) is 21.1. The molecule has 1 amide bonds. The van der Waals surface area contributed by atoms with E-state index in [1.54, 1.807) is 48.7 Å². The highest BCUT2D eigenvalue weighted by Crippen LogP contribution is 2.35. The average molecular weight is 427 g/mol. The third-order valence-electron chi connectivity index (χ3n) is 4.22. The maximum Gasteiger partial charge on any atom is 0.264 e. The van der Waals surface area contributed by atoms with Gasteiger partial charge in [-0.15, -0.1) is 0 Å². The summed E-state index contributed by atoms with van der Waals surface area (Å²) in [6, 6.07) is 15.9. The number of ether oxygens (including phenoxy) is 2. The monoisotopic (exact) mass is 427 g/mol. The molecule has 0 saturated heterocycles. The molecule has 30 heavy (non-hydrogen) atoms. The molecule has 0 radical (unpaired) electrons.